The first kappa shape index (κ1) is 17.8. The van der Waals surface area contributed by atoms with Crippen molar-refractivity contribution in [2.45, 2.75) is 19.3 Å². The molecule has 0 aliphatic carbocycles. The van der Waals surface area contributed by atoms with Gasteiger partial charge in [0.25, 0.3) is 0 Å². The van der Waals surface area contributed by atoms with Gasteiger partial charge in [0.1, 0.15) is 0 Å². The number of aromatic nitrogens is 1. The van der Waals surface area contributed by atoms with Crippen LogP contribution in [0.5, 0.6) is 0 Å². The maximum Gasteiger partial charge on any atom is 0.223 e. The van der Waals surface area contributed by atoms with E-state index in [0.29, 0.717) is 6.42 Å². The van der Waals surface area contributed by atoms with Crippen LogP contribution in [0, 0.1) is 0 Å². The number of amides is 1. The van der Waals surface area contributed by atoms with Crippen LogP contribution in [0.2, 0.25) is 0 Å². The Bertz CT molecular complexity index is 894. The van der Waals surface area contributed by atoms with Crippen LogP contribution in [-0.2, 0) is 4.79 Å². The van der Waals surface area contributed by atoms with Gasteiger partial charge in [-0.15, -0.1) is 0 Å². The van der Waals surface area contributed by atoms with Crippen LogP contribution in [0.4, 0.5) is 0 Å². The van der Waals surface area contributed by atoms with Crippen LogP contribution in [0.3, 0.4) is 0 Å². The molecule has 4 nitrogen and oxygen atoms in total. The number of nitrogens with one attached hydrogen (secondary N) is 1. The molecule has 4 heteroatoms. The highest BCUT2D eigenvalue weighted by atomic mass is 16.2. The van der Waals surface area contributed by atoms with E-state index < -0.39 is 0 Å². The Labute approximate surface area is 160 Å². The number of nitrogens with zero attached hydrogens (tertiary/aromatic N) is 2. The average molecular weight is 361 g/mol. The van der Waals surface area contributed by atoms with Crippen LogP contribution in [-0.4, -0.2) is 53.4 Å². The van der Waals surface area contributed by atoms with E-state index in [1.54, 1.807) is 0 Å². The Morgan fingerprint density at radius 2 is 1.70 bits per heavy atom. The lowest BCUT2D eigenvalue weighted by Gasteiger charge is -2.34. The lowest BCUT2D eigenvalue weighted by atomic mass is 9.88. The molecule has 2 aromatic carbocycles. The molecule has 0 radical (unpaired) electrons. The third kappa shape index (κ3) is 3.76. The number of benzene rings is 2. The molecule has 1 aliphatic heterocycles. The predicted molar refractivity (Wildman–Crippen MR) is 110 cm³/mol. The molecule has 0 bridgehead atoms. The number of hydrogen-bond donors (Lipinski definition) is 1. The summed E-state index contributed by atoms with van der Waals surface area (Å²) in [6.45, 7) is 6.87. The Morgan fingerprint density at radius 3 is 2.44 bits per heavy atom. The molecule has 1 unspecified atom stereocenters. The quantitative estimate of drug-likeness (QED) is 0.750. The SMILES string of the molecule is CCN1CCN(C(=O)CC(c2ccccc2)c2c[nH]c3ccccc23)CC1. The fourth-order valence-electron chi connectivity index (χ4n) is 4.09. The summed E-state index contributed by atoms with van der Waals surface area (Å²) in [5, 5.41) is 1.20. The topological polar surface area (TPSA) is 39.3 Å². The number of para-hydroxylation sites is 1. The molecule has 140 valence electrons. The first-order chi connectivity index (χ1) is 13.3. The molecular weight excluding hydrogens is 334 g/mol. The average Bonchev–Trinajstić information content (AvgIpc) is 3.16. The zero-order valence-corrected chi connectivity index (χ0v) is 15.9. The van der Waals surface area contributed by atoms with Gasteiger partial charge in [0.05, 0.1) is 0 Å². The first-order valence-electron chi connectivity index (χ1n) is 9.87. The monoisotopic (exact) mass is 361 g/mol. The summed E-state index contributed by atoms with van der Waals surface area (Å²) in [6, 6.07) is 18.7. The molecule has 1 N–H and O–H groups in total. The molecule has 1 atom stereocenters. The van der Waals surface area contributed by atoms with Crippen molar-refractivity contribution in [1.29, 1.82) is 0 Å². The van der Waals surface area contributed by atoms with Crippen LogP contribution in [0.15, 0.2) is 60.8 Å². The Balaban J connectivity index is 1.61. The van der Waals surface area contributed by atoms with Crippen LogP contribution >= 0.6 is 0 Å². The van der Waals surface area contributed by atoms with Gasteiger partial charge in [-0.3, -0.25) is 4.79 Å². The molecule has 2 heterocycles. The van der Waals surface area contributed by atoms with E-state index in [4.69, 9.17) is 0 Å². The molecule has 4 rings (SSSR count). The van der Waals surface area contributed by atoms with Gasteiger partial charge >= 0.3 is 0 Å². The van der Waals surface area contributed by atoms with Crippen molar-refractivity contribution in [3.05, 3.63) is 71.9 Å². The van der Waals surface area contributed by atoms with Crippen molar-refractivity contribution in [1.82, 2.24) is 14.8 Å². The minimum Gasteiger partial charge on any atom is -0.361 e. The van der Waals surface area contributed by atoms with Crippen LogP contribution < -0.4 is 0 Å². The zero-order chi connectivity index (χ0) is 18.6. The summed E-state index contributed by atoms with van der Waals surface area (Å²) >= 11 is 0. The van der Waals surface area contributed by atoms with E-state index in [-0.39, 0.29) is 11.8 Å². The molecule has 1 amide bonds. The summed E-state index contributed by atoms with van der Waals surface area (Å²) in [6.07, 6.45) is 2.59. The number of rotatable bonds is 5. The van der Waals surface area contributed by atoms with E-state index in [9.17, 15) is 4.79 Å². The number of carbonyl (C=O) groups excluding carboxylic acids is 1. The molecule has 1 fully saturated rings. The number of aromatic amines is 1. The van der Waals surface area contributed by atoms with E-state index in [0.717, 1.165) is 38.2 Å². The highest BCUT2D eigenvalue weighted by Gasteiger charge is 2.26. The highest BCUT2D eigenvalue weighted by molar-refractivity contribution is 5.86. The fourth-order valence-corrected chi connectivity index (χ4v) is 4.09. The third-order valence-corrected chi connectivity index (χ3v) is 5.75. The largest absolute Gasteiger partial charge is 0.361 e. The second-order valence-corrected chi connectivity index (χ2v) is 7.27. The van der Waals surface area contributed by atoms with Gasteiger partial charge < -0.3 is 14.8 Å². The van der Waals surface area contributed by atoms with Gasteiger partial charge in [-0.25, -0.2) is 0 Å². The maximum absolute atomic E-state index is 13.1. The smallest absolute Gasteiger partial charge is 0.223 e. The maximum atomic E-state index is 13.1. The number of fused-ring (bicyclic) bond motifs is 1. The fraction of sp³-hybridized carbons (Fsp3) is 0.348. The third-order valence-electron chi connectivity index (χ3n) is 5.75. The van der Waals surface area contributed by atoms with Crippen molar-refractivity contribution < 1.29 is 4.79 Å². The minimum absolute atomic E-state index is 0.0686. The van der Waals surface area contributed by atoms with Crippen molar-refractivity contribution in [2.24, 2.45) is 0 Å². The van der Waals surface area contributed by atoms with Crippen LogP contribution in [0.25, 0.3) is 10.9 Å². The normalized spacial score (nSPS) is 16.6. The van der Waals surface area contributed by atoms with Gasteiger partial charge in [0.15, 0.2) is 0 Å². The van der Waals surface area contributed by atoms with Gasteiger partial charge in [-0.05, 0) is 23.7 Å². The molecule has 1 aliphatic rings. The number of piperazine rings is 1. The summed E-state index contributed by atoms with van der Waals surface area (Å²) in [4.78, 5) is 20.9. The van der Waals surface area contributed by atoms with Crippen molar-refractivity contribution in [2.75, 3.05) is 32.7 Å². The summed E-state index contributed by atoms with van der Waals surface area (Å²) in [5.74, 6) is 0.323. The Hall–Kier alpha value is -2.59. The summed E-state index contributed by atoms with van der Waals surface area (Å²) in [5.41, 5.74) is 3.53. The van der Waals surface area contributed by atoms with E-state index >= 15 is 0 Å². The number of H-pyrrole nitrogens is 1. The second-order valence-electron chi connectivity index (χ2n) is 7.27. The van der Waals surface area contributed by atoms with Gasteiger partial charge in [0.2, 0.25) is 5.91 Å². The van der Waals surface area contributed by atoms with E-state index in [1.807, 2.05) is 17.0 Å². The summed E-state index contributed by atoms with van der Waals surface area (Å²) in [7, 11) is 0. The molecule has 1 saturated heterocycles. The lowest BCUT2D eigenvalue weighted by Crippen LogP contribution is -2.48. The molecular formula is C23H27N3O. The van der Waals surface area contributed by atoms with Crippen molar-refractivity contribution >= 4 is 16.8 Å². The molecule has 0 saturated carbocycles. The zero-order valence-electron chi connectivity index (χ0n) is 15.9. The Morgan fingerprint density at radius 1 is 1.00 bits per heavy atom. The number of hydrogen-bond acceptors (Lipinski definition) is 2. The van der Waals surface area contributed by atoms with Crippen LogP contribution in [0.1, 0.15) is 30.4 Å². The van der Waals surface area contributed by atoms with Gasteiger partial charge in [-0.1, -0.05) is 55.5 Å². The second kappa shape index (κ2) is 7.97. The van der Waals surface area contributed by atoms with E-state index in [2.05, 4.69) is 65.5 Å². The van der Waals surface area contributed by atoms with Crippen molar-refractivity contribution in [3.63, 3.8) is 0 Å². The molecule has 0 spiro atoms. The van der Waals surface area contributed by atoms with Gasteiger partial charge in [0, 0.05) is 55.6 Å². The number of likely N-dealkylation sites (N-methyl/N-ethyl adjacent to an activating group) is 1. The number of carbonyl (C=O) groups is 1. The highest BCUT2D eigenvalue weighted by Crippen LogP contribution is 2.33. The molecule has 1 aromatic heterocycles. The first-order valence-corrected chi connectivity index (χ1v) is 9.87. The van der Waals surface area contributed by atoms with Crippen molar-refractivity contribution in [3.8, 4) is 0 Å². The Kier molecular flexibility index (Phi) is 5.26. The lowest BCUT2D eigenvalue weighted by molar-refractivity contribution is -0.133. The minimum atomic E-state index is 0.0686. The van der Waals surface area contributed by atoms with Gasteiger partial charge in [-0.2, -0.15) is 0 Å². The predicted octanol–water partition coefficient (Wildman–Crippen LogP) is 3.85. The van der Waals surface area contributed by atoms with E-state index in [1.165, 1.54) is 16.5 Å². The molecule has 3 aromatic rings. The standard InChI is InChI=1S/C23H27N3O/c1-2-25-12-14-26(15-13-25)23(27)16-20(18-8-4-3-5-9-18)21-17-24-22-11-7-6-10-19(21)22/h3-11,17,20,24H,2,12-16H2,1H3. The molecule has 27 heavy (non-hydrogen) atoms. The summed E-state index contributed by atoms with van der Waals surface area (Å²) < 4.78 is 0.